The van der Waals surface area contributed by atoms with E-state index in [9.17, 15) is 0 Å². The van der Waals surface area contributed by atoms with E-state index in [-0.39, 0.29) is 0 Å². The molecule has 0 radical (unpaired) electrons. The minimum absolute atomic E-state index is 0.395. The number of rotatable bonds is 3. The Hall–Kier alpha value is -1.61. The third-order valence-corrected chi connectivity index (χ3v) is 4.35. The van der Waals surface area contributed by atoms with E-state index in [1.165, 1.54) is 23.9 Å². The molecule has 1 aromatic carbocycles. The number of hydrogen-bond acceptors (Lipinski definition) is 3. The van der Waals surface area contributed by atoms with Crippen molar-refractivity contribution in [3.05, 3.63) is 36.0 Å². The molecule has 2 aromatic rings. The van der Waals surface area contributed by atoms with Crippen LogP contribution in [0.5, 0.6) is 0 Å². The average molecular weight is 283 g/mol. The molecule has 1 N–H and O–H groups in total. The summed E-state index contributed by atoms with van der Waals surface area (Å²) in [4.78, 5) is 7.32. The highest BCUT2D eigenvalue weighted by Gasteiger charge is 2.27. The zero-order valence-electron chi connectivity index (χ0n) is 13.3. The molecular weight excluding hydrogens is 258 g/mol. The number of anilines is 1. The number of benzene rings is 1. The Bertz CT molecular complexity index is 633. The highest BCUT2D eigenvalue weighted by Crippen LogP contribution is 2.35. The number of nitrogens with zero attached hydrogens (tertiary/aromatic N) is 2. The number of para-hydroxylation sites is 1. The van der Waals surface area contributed by atoms with Gasteiger partial charge in [-0.3, -0.25) is 4.98 Å². The molecular formula is C18H25N3. The topological polar surface area (TPSA) is 28.2 Å². The van der Waals surface area contributed by atoms with Gasteiger partial charge in [0.2, 0.25) is 0 Å². The van der Waals surface area contributed by atoms with Crippen molar-refractivity contribution in [2.45, 2.75) is 33.2 Å². The maximum atomic E-state index is 4.77. The van der Waals surface area contributed by atoms with Gasteiger partial charge in [0, 0.05) is 30.7 Å². The zero-order valence-corrected chi connectivity index (χ0v) is 13.3. The van der Waals surface area contributed by atoms with Gasteiger partial charge in [-0.1, -0.05) is 32.0 Å². The quantitative estimate of drug-likeness (QED) is 0.933. The summed E-state index contributed by atoms with van der Waals surface area (Å²) in [5.74, 6) is 0. The van der Waals surface area contributed by atoms with Crippen LogP contribution in [0.15, 0.2) is 30.3 Å². The van der Waals surface area contributed by atoms with Crippen LogP contribution in [0.4, 0.5) is 5.69 Å². The molecule has 3 rings (SSSR count). The van der Waals surface area contributed by atoms with Gasteiger partial charge in [0.15, 0.2) is 0 Å². The largest absolute Gasteiger partial charge is 0.370 e. The average Bonchev–Trinajstić information content (AvgIpc) is 2.46. The molecule has 1 aromatic heterocycles. The molecule has 1 aliphatic rings. The second kappa shape index (κ2) is 5.64. The summed E-state index contributed by atoms with van der Waals surface area (Å²) in [6.45, 7) is 7.83. The van der Waals surface area contributed by atoms with Crippen LogP contribution in [0.25, 0.3) is 10.9 Å². The van der Waals surface area contributed by atoms with Gasteiger partial charge in [-0.25, -0.2) is 0 Å². The van der Waals surface area contributed by atoms with E-state index in [1.54, 1.807) is 0 Å². The number of pyridine rings is 1. The summed E-state index contributed by atoms with van der Waals surface area (Å²) in [5.41, 5.74) is 3.96. The minimum Gasteiger partial charge on any atom is -0.370 e. The summed E-state index contributed by atoms with van der Waals surface area (Å²) < 4.78 is 0. The first kappa shape index (κ1) is 14.3. The van der Waals surface area contributed by atoms with Crippen molar-refractivity contribution in [2.75, 3.05) is 25.0 Å². The van der Waals surface area contributed by atoms with Crippen LogP contribution in [0.1, 0.15) is 32.4 Å². The van der Waals surface area contributed by atoms with Gasteiger partial charge in [0.25, 0.3) is 0 Å². The van der Waals surface area contributed by atoms with Crippen LogP contribution >= 0.6 is 0 Å². The Balaban J connectivity index is 2.07. The fourth-order valence-electron chi connectivity index (χ4n) is 3.37. The molecule has 0 saturated carbocycles. The minimum atomic E-state index is 0.395. The molecule has 0 unspecified atom stereocenters. The smallest absolute Gasteiger partial charge is 0.0726 e. The monoisotopic (exact) mass is 283 g/mol. The lowest BCUT2D eigenvalue weighted by molar-refractivity contribution is 0.293. The Morgan fingerprint density at radius 3 is 2.86 bits per heavy atom. The number of fused-ring (bicyclic) bond motifs is 1. The third kappa shape index (κ3) is 3.03. The van der Waals surface area contributed by atoms with E-state index in [2.05, 4.69) is 54.4 Å². The van der Waals surface area contributed by atoms with E-state index >= 15 is 0 Å². The number of aromatic nitrogens is 1. The molecule has 0 atom stereocenters. The Morgan fingerprint density at radius 1 is 1.29 bits per heavy atom. The fourth-order valence-corrected chi connectivity index (χ4v) is 3.37. The van der Waals surface area contributed by atoms with Gasteiger partial charge >= 0.3 is 0 Å². The maximum absolute atomic E-state index is 4.77. The first-order valence-corrected chi connectivity index (χ1v) is 7.87. The van der Waals surface area contributed by atoms with Gasteiger partial charge in [0.05, 0.1) is 11.2 Å². The summed E-state index contributed by atoms with van der Waals surface area (Å²) in [6, 6.07) is 10.8. The van der Waals surface area contributed by atoms with E-state index in [1.807, 2.05) is 7.05 Å². The molecule has 3 nitrogen and oxygen atoms in total. The van der Waals surface area contributed by atoms with Crippen molar-refractivity contribution >= 4 is 16.6 Å². The standard InChI is InChI=1S/C18H25N3/c1-18(2)9-6-10-21(13-18)17-11-14(12-19-3)20-16-8-5-4-7-15(16)17/h4-5,7-8,11,19H,6,9-10,12-13H2,1-3H3. The molecule has 0 bridgehead atoms. The molecule has 1 fully saturated rings. The number of nitrogens with one attached hydrogen (secondary N) is 1. The van der Waals surface area contributed by atoms with Crippen molar-refractivity contribution in [3.8, 4) is 0 Å². The van der Waals surface area contributed by atoms with Gasteiger partial charge in [-0.05, 0) is 37.4 Å². The zero-order chi connectivity index (χ0) is 14.9. The predicted molar refractivity (Wildman–Crippen MR) is 89.7 cm³/mol. The SMILES string of the molecule is CNCc1cc(N2CCCC(C)(C)C2)c2ccccc2n1. The van der Waals surface area contributed by atoms with Crippen LogP contribution in [0.3, 0.4) is 0 Å². The maximum Gasteiger partial charge on any atom is 0.0726 e. The molecule has 3 heteroatoms. The predicted octanol–water partition coefficient (Wildman–Crippen LogP) is 3.58. The highest BCUT2D eigenvalue weighted by atomic mass is 15.1. The van der Waals surface area contributed by atoms with E-state index < -0.39 is 0 Å². The lowest BCUT2D eigenvalue weighted by atomic mass is 9.84. The first-order valence-electron chi connectivity index (χ1n) is 7.87. The van der Waals surface area contributed by atoms with Crippen molar-refractivity contribution in [3.63, 3.8) is 0 Å². The molecule has 2 heterocycles. The molecule has 112 valence electrons. The number of hydrogen-bond donors (Lipinski definition) is 1. The van der Waals surface area contributed by atoms with E-state index in [4.69, 9.17) is 4.98 Å². The summed E-state index contributed by atoms with van der Waals surface area (Å²) >= 11 is 0. The lowest BCUT2D eigenvalue weighted by Crippen LogP contribution is -2.40. The summed E-state index contributed by atoms with van der Waals surface area (Å²) in [7, 11) is 1.97. The van der Waals surface area contributed by atoms with Crippen LogP contribution < -0.4 is 10.2 Å². The van der Waals surface area contributed by atoms with Crippen molar-refractivity contribution in [2.24, 2.45) is 5.41 Å². The van der Waals surface area contributed by atoms with Crippen LogP contribution in [-0.2, 0) is 6.54 Å². The van der Waals surface area contributed by atoms with Gasteiger partial charge < -0.3 is 10.2 Å². The molecule has 0 amide bonds. The third-order valence-electron chi connectivity index (χ3n) is 4.35. The normalized spacial score (nSPS) is 18.1. The highest BCUT2D eigenvalue weighted by molar-refractivity contribution is 5.92. The number of piperidine rings is 1. The van der Waals surface area contributed by atoms with Crippen LogP contribution in [0, 0.1) is 5.41 Å². The van der Waals surface area contributed by atoms with Crippen LogP contribution in [-0.4, -0.2) is 25.1 Å². The van der Waals surface area contributed by atoms with Gasteiger partial charge in [-0.2, -0.15) is 0 Å². The molecule has 1 aliphatic heterocycles. The van der Waals surface area contributed by atoms with Crippen molar-refractivity contribution < 1.29 is 0 Å². The summed E-state index contributed by atoms with van der Waals surface area (Å²) in [6.07, 6.45) is 2.58. The van der Waals surface area contributed by atoms with Crippen molar-refractivity contribution in [1.29, 1.82) is 0 Å². The van der Waals surface area contributed by atoms with Gasteiger partial charge in [-0.15, -0.1) is 0 Å². The molecule has 21 heavy (non-hydrogen) atoms. The Labute approximate surface area is 127 Å². The summed E-state index contributed by atoms with van der Waals surface area (Å²) in [5, 5.41) is 4.49. The second-order valence-corrected chi connectivity index (χ2v) is 6.87. The van der Waals surface area contributed by atoms with Gasteiger partial charge in [0.1, 0.15) is 0 Å². The second-order valence-electron chi connectivity index (χ2n) is 6.87. The van der Waals surface area contributed by atoms with E-state index in [0.29, 0.717) is 5.41 Å². The molecule has 0 aliphatic carbocycles. The van der Waals surface area contributed by atoms with Crippen molar-refractivity contribution in [1.82, 2.24) is 10.3 Å². The molecule has 1 saturated heterocycles. The lowest BCUT2D eigenvalue weighted by Gasteiger charge is -2.40. The fraction of sp³-hybridized carbons (Fsp3) is 0.500. The van der Waals surface area contributed by atoms with Crippen LogP contribution in [0.2, 0.25) is 0 Å². The first-order chi connectivity index (χ1) is 10.1. The Kier molecular flexibility index (Phi) is 3.85. The van der Waals surface area contributed by atoms with E-state index in [0.717, 1.165) is 30.8 Å². The molecule has 0 spiro atoms. The Morgan fingerprint density at radius 2 is 2.10 bits per heavy atom.